The maximum absolute atomic E-state index is 12.3. The molecule has 4 rings (SSSR count). The van der Waals surface area contributed by atoms with Crippen molar-refractivity contribution in [3.63, 3.8) is 0 Å². The maximum Gasteiger partial charge on any atom is 0.419 e. The van der Waals surface area contributed by atoms with E-state index in [0.717, 1.165) is 30.5 Å². The van der Waals surface area contributed by atoms with Gasteiger partial charge in [0.25, 0.3) is 0 Å². The second-order valence-electron chi connectivity index (χ2n) is 6.74. The molecule has 1 saturated carbocycles. The second kappa shape index (κ2) is 4.86. The van der Waals surface area contributed by atoms with Crippen molar-refractivity contribution in [2.45, 2.75) is 24.9 Å². The molecule has 0 bridgehead atoms. The number of hydrogen-bond donors (Lipinski definition) is 2. The number of oxazole rings is 1. The minimum atomic E-state index is -0.387. The van der Waals surface area contributed by atoms with Gasteiger partial charge in [0.2, 0.25) is 0 Å². The maximum atomic E-state index is 12.3. The number of rotatable bonds is 2. The lowest BCUT2D eigenvalue weighted by Crippen LogP contribution is -2.55. The molecular formula is C16H20N4O3. The summed E-state index contributed by atoms with van der Waals surface area (Å²) in [6, 6.07) is 5.39. The number of nitrogens with zero attached hydrogens (tertiary/aromatic N) is 2. The number of likely N-dealkylation sites (tertiary alicyclic amines) is 1. The normalized spacial score (nSPS) is 26.2. The molecule has 0 unspecified atom stereocenters. The number of urea groups is 1. The largest absolute Gasteiger partial charge is 0.419 e. The molecule has 0 radical (unpaired) electrons. The van der Waals surface area contributed by atoms with Crippen LogP contribution in [-0.4, -0.2) is 34.1 Å². The van der Waals surface area contributed by atoms with Crippen molar-refractivity contribution >= 4 is 17.1 Å². The second-order valence-corrected chi connectivity index (χ2v) is 6.74. The third-order valence-corrected chi connectivity index (χ3v) is 5.28. The third-order valence-electron chi connectivity index (χ3n) is 5.28. The number of hydrogen-bond acceptors (Lipinski definition) is 4. The van der Waals surface area contributed by atoms with Gasteiger partial charge in [0.05, 0.1) is 5.52 Å². The fourth-order valence-corrected chi connectivity index (χ4v) is 3.61. The van der Waals surface area contributed by atoms with Gasteiger partial charge in [-0.2, -0.15) is 0 Å². The van der Waals surface area contributed by atoms with E-state index in [9.17, 15) is 9.59 Å². The van der Waals surface area contributed by atoms with Crippen LogP contribution in [0.5, 0.6) is 0 Å². The van der Waals surface area contributed by atoms with Crippen LogP contribution in [-0.2, 0) is 13.6 Å². The Bertz CT molecular complexity index is 839. The van der Waals surface area contributed by atoms with E-state index in [1.165, 1.54) is 4.57 Å². The summed E-state index contributed by atoms with van der Waals surface area (Å²) in [6.45, 7) is 1.79. The monoisotopic (exact) mass is 316 g/mol. The molecule has 1 aromatic heterocycles. The molecule has 1 aliphatic heterocycles. The first-order chi connectivity index (χ1) is 11.0. The molecule has 1 aliphatic carbocycles. The van der Waals surface area contributed by atoms with E-state index >= 15 is 0 Å². The zero-order valence-corrected chi connectivity index (χ0v) is 13.0. The predicted octanol–water partition coefficient (Wildman–Crippen LogP) is 0.764. The molecule has 2 aliphatic rings. The number of carbonyl (C=O) groups excluding carboxylic acids is 1. The highest BCUT2D eigenvalue weighted by Crippen LogP contribution is 2.42. The van der Waals surface area contributed by atoms with Crippen molar-refractivity contribution < 1.29 is 9.21 Å². The van der Waals surface area contributed by atoms with Gasteiger partial charge in [0, 0.05) is 32.2 Å². The molecule has 122 valence electrons. The first-order valence-corrected chi connectivity index (χ1v) is 7.86. The van der Waals surface area contributed by atoms with Crippen molar-refractivity contribution in [1.82, 2.24) is 14.8 Å². The Morgan fingerprint density at radius 3 is 3.00 bits per heavy atom. The van der Waals surface area contributed by atoms with Gasteiger partial charge in [-0.1, -0.05) is 6.07 Å². The van der Waals surface area contributed by atoms with Crippen molar-refractivity contribution in [3.05, 3.63) is 34.3 Å². The van der Waals surface area contributed by atoms with Crippen LogP contribution in [0, 0.1) is 5.92 Å². The molecule has 7 heteroatoms. The molecule has 2 fully saturated rings. The van der Waals surface area contributed by atoms with Gasteiger partial charge in [-0.3, -0.25) is 4.57 Å². The van der Waals surface area contributed by atoms with Crippen LogP contribution in [0.1, 0.15) is 18.4 Å². The van der Waals surface area contributed by atoms with Crippen LogP contribution < -0.4 is 16.8 Å². The summed E-state index contributed by atoms with van der Waals surface area (Å²) in [4.78, 5) is 25.6. The standard InChI is InChI=1S/C16H20N4O3/c1-19-12-6-10(2-3-13(12)23-15(19)22)7-18-14(21)20-8-11-4-5-16(11,17)9-20/h2-3,6,11H,4-5,7-9,17H2,1H3,(H,18,21)/t11-,16-/m0/s1. The van der Waals surface area contributed by atoms with Gasteiger partial charge >= 0.3 is 11.8 Å². The highest BCUT2D eigenvalue weighted by atomic mass is 16.4. The lowest BCUT2D eigenvalue weighted by atomic mass is 9.70. The van der Waals surface area contributed by atoms with Gasteiger partial charge in [-0.25, -0.2) is 9.59 Å². The molecule has 23 heavy (non-hydrogen) atoms. The van der Waals surface area contributed by atoms with E-state index in [2.05, 4.69) is 5.32 Å². The lowest BCUT2D eigenvalue weighted by Gasteiger charge is -2.39. The Labute approximate surface area is 133 Å². The van der Waals surface area contributed by atoms with Gasteiger partial charge < -0.3 is 20.4 Å². The van der Waals surface area contributed by atoms with Crippen molar-refractivity contribution in [2.75, 3.05) is 13.1 Å². The third kappa shape index (κ3) is 2.23. The Balaban J connectivity index is 1.44. The summed E-state index contributed by atoms with van der Waals surface area (Å²) in [6.07, 6.45) is 2.12. The van der Waals surface area contributed by atoms with E-state index in [1.54, 1.807) is 13.1 Å². The topological polar surface area (TPSA) is 93.5 Å². The van der Waals surface area contributed by atoms with Crippen molar-refractivity contribution in [2.24, 2.45) is 18.7 Å². The highest BCUT2D eigenvalue weighted by Gasteiger charge is 2.51. The molecule has 1 saturated heterocycles. The van der Waals surface area contributed by atoms with Gasteiger partial charge in [-0.05, 0) is 36.5 Å². The van der Waals surface area contributed by atoms with Gasteiger partial charge in [0.15, 0.2) is 5.58 Å². The van der Waals surface area contributed by atoms with Crippen molar-refractivity contribution in [3.8, 4) is 0 Å². The zero-order valence-electron chi connectivity index (χ0n) is 13.0. The highest BCUT2D eigenvalue weighted by molar-refractivity contribution is 5.76. The first kappa shape index (κ1) is 14.3. The zero-order chi connectivity index (χ0) is 16.2. The average Bonchev–Trinajstić information content (AvgIpc) is 2.94. The molecule has 2 heterocycles. The van der Waals surface area contributed by atoms with Crippen LogP contribution in [0.2, 0.25) is 0 Å². The fourth-order valence-electron chi connectivity index (χ4n) is 3.61. The molecular weight excluding hydrogens is 296 g/mol. The molecule has 2 aromatic rings. The minimum Gasteiger partial charge on any atom is -0.408 e. The van der Waals surface area contributed by atoms with Crippen LogP contribution >= 0.6 is 0 Å². The number of fused-ring (bicyclic) bond motifs is 2. The number of aryl methyl sites for hydroxylation is 1. The van der Waals surface area contributed by atoms with Crippen LogP contribution in [0.4, 0.5) is 4.79 Å². The number of nitrogens with two attached hydrogens (primary N) is 1. The number of amides is 2. The Kier molecular flexibility index (Phi) is 3.02. The Hall–Kier alpha value is -2.28. The van der Waals surface area contributed by atoms with E-state index in [0.29, 0.717) is 24.6 Å². The molecule has 7 nitrogen and oxygen atoms in total. The van der Waals surface area contributed by atoms with E-state index < -0.39 is 0 Å². The molecule has 2 atom stereocenters. The van der Waals surface area contributed by atoms with E-state index in [4.69, 9.17) is 10.2 Å². The smallest absolute Gasteiger partial charge is 0.408 e. The summed E-state index contributed by atoms with van der Waals surface area (Å²) in [5.41, 5.74) is 8.30. The fraction of sp³-hybridized carbons (Fsp3) is 0.500. The number of aromatic nitrogens is 1. The average molecular weight is 316 g/mol. The Morgan fingerprint density at radius 2 is 2.35 bits per heavy atom. The predicted molar refractivity (Wildman–Crippen MR) is 84.9 cm³/mol. The summed E-state index contributed by atoms with van der Waals surface area (Å²) < 4.78 is 6.56. The van der Waals surface area contributed by atoms with Gasteiger partial charge in [-0.15, -0.1) is 0 Å². The van der Waals surface area contributed by atoms with E-state index in [-0.39, 0.29) is 17.3 Å². The summed E-state index contributed by atoms with van der Waals surface area (Å²) in [5.74, 6) is 0.0621. The Morgan fingerprint density at radius 1 is 1.52 bits per heavy atom. The van der Waals surface area contributed by atoms with Gasteiger partial charge in [0.1, 0.15) is 0 Å². The number of nitrogens with one attached hydrogen (secondary N) is 1. The summed E-state index contributed by atoms with van der Waals surface area (Å²) >= 11 is 0. The van der Waals surface area contributed by atoms with E-state index in [1.807, 2.05) is 17.0 Å². The van der Waals surface area contributed by atoms with Crippen LogP contribution in [0.25, 0.3) is 11.1 Å². The van der Waals surface area contributed by atoms with Crippen LogP contribution in [0.15, 0.2) is 27.4 Å². The molecule has 1 aromatic carbocycles. The lowest BCUT2D eigenvalue weighted by molar-refractivity contribution is 0.187. The SMILES string of the molecule is Cn1c(=O)oc2ccc(CNC(=O)N3C[C@@H]4CC[C@]4(N)C3)cc21. The minimum absolute atomic E-state index is 0.0783. The van der Waals surface area contributed by atoms with Crippen LogP contribution in [0.3, 0.4) is 0 Å². The summed E-state index contributed by atoms with van der Waals surface area (Å²) in [5, 5.41) is 2.93. The molecule has 2 amide bonds. The first-order valence-electron chi connectivity index (χ1n) is 7.86. The molecule has 0 spiro atoms. The number of benzene rings is 1. The summed E-state index contributed by atoms with van der Waals surface area (Å²) in [7, 11) is 1.66. The quantitative estimate of drug-likeness (QED) is 0.855. The molecule has 3 N–H and O–H groups in total. The van der Waals surface area contributed by atoms with Crippen molar-refractivity contribution in [1.29, 1.82) is 0 Å². The number of carbonyl (C=O) groups is 1.